The molecule has 7 atom stereocenters. The maximum Gasteiger partial charge on any atom is 0.322 e. The summed E-state index contributed by atoms with van der Waals surface area (Å²) in [6, 6.07) is 6.27. The first-order valence-corrected chi connectivity index (χ1v) is 23.6. The number of aliphatic hydroxyl groups excluding tert-OH is 1. The number of aromatic amines is 1. The van der Waals surface area contributed by atoms with Crippen LogP contribution in [0, 0.1) is 11.8 Å². The summed E-state index contributed by atoms with van der Waals surface area (Å²) in [7, 11) is 0. The van der Waals surface area contributed by atoms with E-state index >= 15 is 0 Å². The number of amides is 7. The third-order valence-corrected chi connectivity index (χ3v) is 11.1. The molecule has 0 aliphatic carbocycles. The van der Waals surface area contributed by atoms with E-state index in [0.29, 0.717) is 22.0 Å². The number of nitrogens with one attached hydrogen (secondary N) is 8. The molecule has 2 aromatic carbocycles. The molecule has 72 heavy (non-hydrogen) atoms. The van der Waals surface area contributed by atoms with Crippen LogP contribution in [0.5, 0.6) is 0 Å². The summed E-state index contributed by atoms with van der Waals surface area (Å²) in [6.45, 7) is 5.77. The molecule has 0 aliphatic rings. The van der Waals surface area contributed by atoms with Gasteiger partial charge in [0.05, 0.1) is 6.61 Å². The van der Waals surface area contributed by atoms with Gasteiger partial charge >= 0.3 is 11.9 Å². The number of rotatable bonds is 31. The molecule has 1 aromatic heterocycles. The highest BCUT2D eigenvalue weighted by Gasteiger charge is 2.35. The van der Waals surface area contributed by atoms with Gasteiger partial charge in [-0.2, -0.15) is 0 Å². The molecule has 0 unspecified atom stereocenters. The summed E-state index contributed by atoms with van der Waals surface area (Å²) >= 11 is 0. The number of para-hydroxylation sites is 1. The first kappa shape index (κ1) is 58.7. The number of hydrogen-bond donors (Lipinski definition) is 14. The van der Waals surface area contributed by atoms with Gasteiger partial charge in [-0.3, -0.25) is 48.1 Å². The molecule has 3 aromatic rings. The van der Waals surface area contributed by atoms with Gasteiger partial charge in [-0.15, -0.1) is 0 Å². The Balaban J connectivity index is 2.01. The average molecular weight is 1010 g/mol. The number of aliphatic hydroxyl groups is 1. The standard InChI is InChI=1S/C48H70N12O12/c1-26(2)19-35(57-41(66)31(49)25-61)44(69)55-33(15-10-18-52-48(50)51)43(68)59-37(21-28-11-6-5-7-12-28)46(71)58-36(20-27(3)4)45(70)60-38(22-29-23-53-32-14-9-8-13-30(29)32)47(72)56-34(16-17-39(62)63)42(67)54-24-40(64)65/h5-9,11-14,23,26-27,31,33-38,53,61H,10,15-22,24-25,49H2,1-4H3,(H,54,67)(H,55,69)(H,56,72)(H,57,66)(H,58,71)(H,59,68)(H,60,70)(H,62,63)(H,64,65)(H4,50,51,52)/t31-,33-,34-,35-,36-,37-,38-/m0/s1. The summed E-state index contributed by atoms with van der Waals surface area (Å²) in [5, 5.41) is 46.7. The van der Waals surface area contributed by atoms with Gasteiger partial charge in [0.25, 0.3) is 0 Å². The zero-order valence-corrected chi connectivity index (χ0v) is 40.9. The van der Waals surface area contributed by atoms with Crippen molar-refractivity contribution in [2.45, 2.75) is 121 Å². The van der Waals surface area contributed by atoms with Crippen LogP contribution in [-0.2, 0) is 56.0 Å². The maximum atomic E-state index is 14.5. The fourth-order valence-corrected chi connectivity index (χ4v) is 7.51. The number of aromatic nitrogens is 1. The number of carbonyl (C=O) groups is 9. The topological polar surface area (TPSA) is 405 Å². The molecule has 0 spiro atoms. The second kappa shape index (κ2) is 29.6. The number of carbonyl (C=O) groups excluding carboxylic acids is 7. The van der Waals surface area contributed by atoms with Crippen LogP contribution in [0.2, 0.25) is 0 Å². The Kier molecular flexibility index (Phi) is 24.1. The lowest BCUT2D eigenvalue weighted by molar-refractivity contribution is -0.140. The molecule has 3 rings (SSSR count). The maximum absolute atomic E-state index is 14.5. The van der Waals surface area contributed by atoms with Crippen molar-refractivity contribution >= 4 is 70.2 Å². The van der Waals surface area contributed by atoms with E-state index in [9.17, 15) is 53.4 Å². The number of guanidine groups is 1. The fourth-order valence-electron chi connectivity index (χ4n) is 7.51. The summed E-state index contributed by atoms with van der Waals surface area (Å²) in [6.07, 6.45) is 0.680. The number of nitrogens with two attached hydrogens (primary N) is 3. The molecule has 0 fully saturated rings. The number of fused-ring (bicyclic) bond motifs is 1. The first-order chi connectivity index (χ1) is 34.1. The molecule has 0 aliphatic heterocycles. The highest BCUT2D eigenvalue weighted by molar-refractivity contribution is 5.98. The third kappa shape index (κ3) is 20.4. The molecule has 0 saturated heterocycles. The Morgan fingerprint density at radius 3 is 1.62 bits per heavy atom. The molecule has 0 bridgehead atoms. The van der Waals surface area contributed by atoms with Crippen molar-refractivity contribution in [3.63, 3.8) is 0 Å². The number of carboxylic acid groups (broad SMARTS) is 2. The molecule has 0 saturated carbocycles. The lowest BCUT2D eigenvalue weighted by atomic mass is 9.99. The number of hydrogen-bond acceptors (Lipinski definition) is 12. The van der Waals surface area contributed by atoms with Crippen LogP contribution in [-0.4, -0.2) is 142 Å². The van der Waals surface area contributed by atoms with Crippen molar-refractivity contribution in [3.8, 4) is 0 Å². The number of nitrogens with zero attached hydrogens (tertiary/aromatic N) is 1. The molecule has 24 nitrogen and oxygen atoms in total. The monoisotopic (exact) mass is 1010 g/mol. The number of aliphatic carboxylic acids is 2. The largest absolute Gasteiger partial charge is 0.481 e. The highest BCUT2D eigenvalue weighted by atomic mass is 16.4. The second-order valence-corrected chi connectivity index (χ2v) is 18.2. The summed E-state index contributed by atoms with van der Waals surface area (Å²) in [4.78, 5) is 127. The van der Waals surface area contributed by atoms with Gasteiger partial charge in [-0.25, -0.2) is 0 Å². The number of H-pyrrole nitrogens is 1. The molecule has 0 radical (unpaired) electrons. The first-order valence-electron chi connectivity index (χ1n) is 23.6. The van der Waals surface area contributed by atoms with E-state index in [0.717, 1.165) is 0 Å². The van der Waals surface area contributed by atoms with E-state index in [4.69, 9.17) is 22.3 Å². The second-order valence-electron chi connectivity index (χ2n) is 18.2. The van der Waals surface area contributed by atoms with Crippen molar-refractivity contribution in [1.82, 2.24) is 42.2 Å². The van der Waals surface area contributed by atoms with Crippen LogP contribution < -0.4 is 54.4 Å². The van der Waals surface area contributed by atoms with Gasteiger partial charge in [-0.05, 0) is 61.1 Å². The quantitative estimate of drug-likeness (QED) is 0.0196. The van der Waals surface area contributed by atoms with E-state index in [2.05, 4.69) is 47.2 Å². The van der Waals surface area contributed by atoms with Crippen molar-refractivity contribution in [2.75, 3.05) is 19.7 Å². The number of carboxylic acids is 2. The molecule has 7 amide bonds. The smallest absolute Gasteiger partial charge is 0.322 e. The van der Waals surface area contributed by atoms with E-state index in [-0.39, 0.29) is 62.9 Å². The van der Waals surface area contributed by atoms with E-state index in [1.54, 1.807) is 74.6 Å². The summed E-state index contributed by atoms with van der Waals surface area (Å²) in [5.41, 5.74) is 18.6. The zero-order valence-electron chi connectivity index (χ0n) is 40.9. The van der Waals surface area contributed by atoms with Crippen LogP contribution in [0.15, 0.2) is 65.8 Å². The van der Waals surface area contributed by atoms with Crippen molar-refractivity contribution in [2.24, 2.45) is 34.0 Å². The van der Waals surface area contributed by atoms with Crippen LogP contribution in [0.4, 0.5) is 0 Å². The van der Waals surface area contributed by atoms with Gasteiger partial charge in [0.2, 0.25) is 41.4 Å². The third-order valence-electron chi connectivity index (χ3n) is 11.1. The normalized spacial score (nSPS) is 14.1. The van der Waals surface area contributed by atoms with Gasteiger partial charge in [0.1, 0.15) is 48.8 Å². The van der Waals surface area contributed by atoms with Crippen LogP contribution in [0.1, 0.15) is 77.3 Å². The van der Waals surface area contributed by atoms with Gasteiger partial charge in [-0.1, -0.05) is 76.2 Å². The minimum atomic E-state index is -1.52. The Bertz CT molecular complexity index is 2350. The van der Waals surface area contributed by atoms with Gasteiger partial charge < -0.3 is 74.7 Å². The minimum absolute atomic E-state index is 0.0240. The Labute approximate surface area is 416 Å². The van der Waals surface area contributed by atoms with Crippen LogP contribution in [0.25, 0.3) is 10.9 Å². The van der Waals surface area contributed by atoms with Crippen molar-refractivity contribution < 1.29 is 58.5 Å². The van der Waals surface area contributed by atoms with Gasteiger partial charge in [0.15, 0.2) is 5.96 Å². The molecule has 394 valence electrons. The predicted octanol–water partition coefficient (Wildman–Crippen LogP) is -1.61. The van der Waals surface area contributed by atoms with Crippen molar-refractivity contribution in [1.29, 1.82) is 0 Å². The Morgan fingerprint density at radius 2 is 1.08 bits per heavy atom. The minimum Gasteiger partial charge on any atom is -0.481 e. The number of benzene rings is 2. The Morgan fingerprint density at radius 1 is 0.597 bits per heavy atom. The predicted molar refractivity (Wildman–Crippen MR) is 265 cm³/mol. The fraction of sp³-hybridized carbons (Fsp3) is 0.500. The van der Waals surface area contributed by atoms with Crippen molar-refractivity contribution in [3.05, 3.63) is 71.9 Å². The molecule has 24 heteroatoms. The zero-order chi connectivity index (χ0) is 53.5. The van der Waals surface area contributed by atoms with E-state index in [1.165, 1.54) is 0 Å². The molecule has 1 heterocycles. The molecule has 17 N–H and O–H groups in total. The summed E-state index contributed by atoms with van der Waals surface area (Å²) < 4.78 is 0. The van der Waals surface area contributed by atoms with Crippen LogP contribution >= 0.6 is 0 Å². The average Bonchev–Trinajstić information content (AvgIpc) is 3.73. The van der Waals surface area contributed by atoms with Crippen LogP contribution in [0.3, 0.4) is 0 Å². The summed E-state index contributed by atoms with van der Waals surface area (Å²) in [5.74, 6) is -9.12. The lowest BCUT2D eigenvalue weighted by Crippen LogP contribution is -2.60. The SMILES string of the molecule is CC(C)C[C@H](NC(=O)[C@H](Cc1ccccc1)NC(=O)[C@H](CCCN=C(N)N)NC(=O)[C@H](CC(C)C)NC(=O)[C@@H](N)CO)C(=O)N[C@@H](Cc1c[nH]c2ccccc12)C(=O)N[C@@H](CCC(=O)O)C(=O)NCC(=O)O. The Hall–Kier alpha value is -7.60. The van der Waals surface area contributed by atoms with E-state index in [1.807, 2.05) is 13.8 Å². The van der Waals surface area contributed by atoms with Gasteiger partial charge in [0, 0.05) is 42.9 Å². The molecular formula is C48H70N12O12. The number of aliphatic imine (C=N–C) groups is 1. The highest BCUT2D eigenvalue weighted by Crippen LogP contribution is 2.20. The van der Waals surface area contributed by atoms with E-state index < -0.39 is 122 Å². The molecular weight excluding hydrogens is 937 g/mol. The lowest BCUT2D eigenvalue weighted by Gasteiger charge is -2.28.